The molecule has 0 radical (unpaired) electrons. The van der Waals surface area contributed by atoms with Crippen molar-refractivity contribution in [2.75, 3.05) is 53.4 Å². The lowest BCUT2D eigenvalue weighted by atomic mass is 10.1. The molecule has 5 nitrogen and oxygen atoms in total. The second kappa shape index (κ2) is 11.0. The van der Waals surface area contributed by atoms with E-state index in [1.807, 2.05) is 7.05 Å². The van der Waals surface area contributed by atoms with Gasteiger partial charge in [0.25, 0.3) is 0 Å². The summed E-state index contributed by atoms with van der Waals surface area (Å²) in [5.74, 6) is 0.903. The number of piperidine rings is 1. The van der Waals surface area contributed by atoms with Crippen molar-refractivity contribution in [3.05, 3.63) is 35.9 Å². The summed E-state index contributed by atoms with van der Waals surface area (Å²) in [7, 11) is 3.99. The van der Waals surface area contributed by atoms with Gasteiger partial charge >= 0.3 is 0 Å². The number of rotatable bonds is 8. The van der Waals surface area contributed by atoms with Crippen molar-refractivity contribution in [2.45, 2.75) is 25.8 Å². The molecule has 1 heterocycles. The van der Waals surface area contributed by atoms with Crippen LogP contribution in [-0.2, 0) is 6.54 Å². The van der Waals surface area contributed by atoms with E-state index in [1.165, 1.54) is 37.9 Å². The second-order valence-electron chi connectivity index (χ2n) is 6.55. The van der Waals surface area contributed by atoms with Gasteiger partial charge in [0.15, 0.2) is 5.96 Å². The Bertz CT molecular complexity index is 468. The van der Waals surface area contributed by atoms with Crippen LogP contribution >= 0.6 is 0 Å². The standard InChI is InChI=1S/C19H33N5/c1-20-19(22-12-16-24-13-7-4-8-14-24)21-11-15-23(2)17-18-9-5-3-6-10-18/h3,5-6,9-10H,4,7-8,11-17H2,1-2H3,(H2,20,21,22). The quantitative estimate of drug-likeness (QED) is 0.563. The van der Waals surface area contributed by atoms with Gasteiger partial charge in [-0.15, -0.1) is 0 Å². The van der Waals surface area contributed by atoms with Crippen LogP contribution in [0.25, 0.3) is 0 Å². The van der Waals surface area contributed by atoms with Crippen molar-refractivity contribution in [2.24, 2.45) is 4.99 Å². The van der Waals surface area contributed by atoms with Crippen molar-refractivity contribution in [3.63, 3.8) is 0 Å². The number of hydrogen-bond donors (Lipinski definition) is 2. The lowest BCUT2D eigenvalue weighted by Gasteiger charge is -2.26. The van der Waals surface area contributed by atoms with Crippen molar-refractivity contribution in [1.82, 2.24) is 20.4 Å². The summed E-state index contributed by atoms with van der Waals surface area (Å²) in [4.78, 5) is 9.17. The lowest BCUT2D eigenvalue weighted by molar-refractivity contribution is 0.232. The molecule has 0 aromatic heterocycles. The monoisotopic (exact) mass is 331 g/mol. The maximum atomic E-state index is 4.31. The number of likely N-dealkylation sites (tertiary alicyclic amines) is 1. The van der Waals surface area contributed by atoms with Gasteiger partial charge in [-0.05, 0) is 38.5 Å². The third kappa shape index (κ3) is 7.32. The molecule has 1 aromatic carbocycles. The molecular weight excluding hydrogens is 298 g/mol. The van der Waals surface area contributed by atoms with Crippen molar-refractivity contribution in [1.29, 1.82) is 0 Å². The molecule has 5 heteroatoms. The molecule has 1 fully saturated rings. The Morgan fingerprint density at radius 1 is 1.08 bits per heavy atom. The Labute approximate surface area is 147 Å². The Morgan fingerprint density at radius 2 is 1.79 bits per heavy atom. The summed E-state index contributed by atoms with van der Waals surface area (Å²) < 4.78 is 0. The van der Waals surface area contributed by atoms with Gasteiger partial charge in [-0.3, -0.25) is 4.99 Å². The van der Waals surface area contributed by atoms with Gasteiger partial charge in [-0.2, -0.15) is 0 Å². The molecule has 0 spiro atoms. The maximum Gasteiger partial charge on any atom is 0.191 e. The van der Waals surface area contributed by atoms with E-state index in [-0.39, 0.29) is 0 Å². The molecule has 0 saturated carbocycles. The summed E-state index contributed by atoms with van der Waals surface area (Å²) in [6, 6.07) is 10.6. The van der Waals surface area contributed by atoms with Crippen LogP contribution in [0.1, 0.15) is 24.8 Å². The van der Waals surface area contributed by atoms with E-state index in [1.54, 1.807) is 0 Å². The molecule has 2 rings (SSSR count). The SMILES string of the molecule is CN=C(NCCN(C)Cc1ccccc1)NCCN1CCCCC1. The topological polar surface area (TPSA) is 42.9 Å². The van der Waals surface area contributed by atoms with Gasteiger partial charge in [0.1, 0.15) is 0 Å². The molecule has 0 unspecified atom stereocenters. The van der Waals surface area contributed by atoms with Crippen molar-refractivity contribution < 1.29 is 0 Å². The van der Waals surface area contributed by atoms with Crippen LogP contribution in [-0.4, -0.2) is 69.1 Å². The number of hydrogen-bond acceptors (Lipinski definition) is 3. The molecule has 0 aliphatic carbocycles. The molecule has 1 aliphatic heterocycles. The van der Waals surface area contributed by atoms with Crippen molar-refractivity contribution in [3.8, 4) is 0 Å². The van der Waals surface area contributed by atoms with Gasteiger partial charge in [0.2, 0.25) is 0 Å². The first-order chi connectivity index (χ1) is 11.8. The zero-order chi connectivity index (χ0) is 17.0. The van der Waals surface area contributed by atoms with Gasteiger partial charge in [0.05, 0.1) is 0 Å². The maximum absolute atomic E-state index is 4.31. The second-order valence-corrected chi connectivity index (χ2v) is 6.55. The van der Waals surface area contributed by atoms with Crippen LogP contribution in [0.15, 0.2) is 35.3 Å². The minimum atomic E-state index is 0.896. The van der Waals surface area contributed by atoms with Crippen LogP contribution in [0.3, 0.4) is 0 Å². The fraction of sp³-hybridized carbons (Fsp3) is 0.632. The summed E-state index contributed by atoms with van der Waals surface area (Å²) in [5, 5.41) is 6.82. The molecule has 24 heavy (non-hydrogen) atoms. The Kier molecular flexibility index (Phi) is 8.63. The summed E-state index contributed by atoms with van der Waals surface area (Å²) in [6.45, 7) is 7.42. The van der Waals surface area contributed by atoms with Crippen LogP contribution in [0.5, 0.6) is 0 Å². The normalized spacial score (nSPS) is 16.4. The highest BCUT2D eigenvalue weighted by Gasteiger charge is 2.09. The third-order valence-electron chi connectivity index (χ3n) is 4.47. The smallest absolute Gasteiger partial charge is 0.191 e. The molecule has 0 bridgehead atoms. The predicted octanol–water partition coefficient (Wildman–Crippen LogP) is 1.77. The fourth-order valence-electron chi connectivity index (χ4n) is 3.08. The highest BCUT2D eigenvalue weighted by molar-refractivity contribution is 5.79. The summed E-state index contributed by atoms with van der Waals surface area (Å²) in [5.41, 5.74) is 1.35. The first kappa shape index (κ1) is 18.7. The number of benzene rings is 1. The molecule has 1 saturated heterocycles. The molecule has 0 atom stereocenters. The van der Waals surface area contributed by atoms with E-state index in [9.17, 15) is 0 Å². The molecule has 1 aliphatic rings. The van der Waals surface area contributed by atoms with E-state index in [0.717, 1.165) is 38.7 Å². The fourth-order valence-corrected chi connectivity index (χ4v) is 3.08. The van der Waals surface area contributed by atoms with E-state index >= 15 is 0 Å². The van der Waals surface area contributed by atoms with Crippen LogP contribution in [0, 0.1) is 0 Å². The largest absolute Gasteiger partial charge is 0.355 e. The first-order valence-electron chi connectivity index (χ1n) is 9.17. The highest BCUT2D eigenvalue weighted by Crippen LogP contribution is 2.07. The molecule has 2 N–H and O–H groups in total. The zero-order valence-electron chi connectivity index (χ0n) is 15.3. The van der Waals surface area contributed by atoms with Gasteiger partial charge < -0.3 is 20.4 Å². The molecule has 0 amide bonds. The van der Waals surface area contributed by atoms with E-state index < -0.39 is 0 Å². The number of aliphatic imine (C=N–C) groups is 1. The Morgan fingerprint density at radius 3 is 2.50 bits per heavy atom. The molecule has 1 aromatic rings. The number of nitrogens with one attached hydrogen (secondary N) is 2. The Balaban J connectivity index is 1.57. The average molecular weight is 332 g/mol. The molecule has 134 valence electrons. The van der Waals surface area contributed by atoms with Crippen LogP contribution in [0.2, 0.25) is 0 Å². The Hall–Kier alpha value is -1.59. The van der Waals surface area contributed by atoms with E-state index in [0.29, 0.717) is 0 Å². The minimum Gasteiger partial charge on any atom is -0.355 e. The number of nitrogens with zero attached hydrogens (tertiary/aromatic N) is 3. The number of guanidine groups is 1. The average Bonchev–Trinajstić information content (AvgIpc) is 2.62. The first-order valence-corrected chi connectivity index (χ1v) is 9.17. The van der Waals surface area contributed by atoms with Gasteiger partial charge in [-0.25, -0.2) is 0 Å². The van der Waals surface area contributed by atoms with E-state index in [2.05, 4.69) is 62.8 Å². The zero-order valence-corrected chi connectivity index (χ0v) is 15.3. The van der Waals surface area contributed by atoms with Crippen LogP contribution in [0.4, 0.5) is 0 Å². The van der Waals surface area contributed by atoms with Crippen LogP contribution < -0.4 is 10.6 Å². The summed E-state index contributed by atoms with van der Waals surface area (Å²) in [6.07, 6.45) is 4.09. The predicted molar refractivity (Wildman–Crippen MR) is 102 cm³/mol. The third-order valence-corrected chi connectivity index (χ3v) is 4.47. The summed E-state index contributed by atoms with van der Waals surface area (Å²) >= 11 is 0. The van der Waals surface area contributed by atoms with Crippen molar-refractivity contribution >= 4 is 5.96 Å². The lowest BCUT2D eigenvalue weighted by Crippen LogP contribution is -2.44. The van der Waals surface area contributed by atoms with Gasteiger partial charge in [0, 0.05) is 39.8 Å². The minimum absolute atomic E-state index is 0.896. The van der Waals surface area contributed by atoms with E-state index in [4.69, 9.17) is 0 Å². The molecular formula is C19H33N5. The highest BCUT2D eigenvalue weighted by atomic mass is 15.2. The van der Waals surface area contributed by atoms with Gasteiger partial charge in [-0.1, -0.05) is 36.8 Å². The number of likely N-dealkylation sites (N-methyl/N-ethyl adjacent to an activating group) is 1.